The summed E-state index contributed by atoms with van der Waals surface area (Å²) in [5, 5.41) is 11.6. The van der Waals surface area contributed by atoms with Crippen LogP contribution in [0, 0.1) is 0 Å². The van der Waals surface area contributed by atoms with Gasteiger partial charge in [-0.3, -0.25) is 4.79 Å². The van der Waals surface area contributed by atoms with E-state index in [1.165, 1.54) is 7.11 Å². The van der Waals surface area contributed by atoms with E-state index in [9.17, 15) is 4.79 Å². The molecule has 5 nitrogen and oxygen atoms in total. The van der Waals surface area contributed by atoms with Crippen molar-refractivity contribution in [2.24, 2.45) is 0 Å². The minimum atomic E-state index is -0.577. The summed E-state index contributed by atoms with van der Waals surface area (Å²) >= 11 is 0. The van der Waals surface area contributed by atoms with Crippen LogP contribution >= 0.6 is 0 Å². The first-order valence-electron chi connectivity index (χ1n) is 4.93. The average Bonchev–Trinajstić information content (AvgIpc) is 2.24. The highest BCUT2D eigenvalue weighted by molar-refractivity contribution is 5.95. The summed E-state index contributed by atoms with van der Waals surface area (Å²) in [5.41, 5.74) is 6.49. The zero-order valence-corrected chi connectivity index (χ0v) is 9.36. The van der Waals surface area contributed by atoms with Crippen molar-refractivity contribution >= 4 is 11.6 Å². The van der Waals surface area contributed by atoms with Gasteiger partial charge in [0, 0.05) is 23.9 Å². The molecule has 0 aliphatic heterocycles. The highest BCUT2D eigenvalue weighted by Crippen LogP contribution is 2.18. The number of benzene rings is 1. The molecule has 0 aromatic heterocycles. The number of aliphatic hydroxyl groups excluding tert-OH is 1. The third kappa shape index (κ3) is 3.43. The monoisotopic (exact) mass is 224 g/mol. The fourth-order valence-corrected chi connectivity index (χ4v) is 1.21. The number of aliphatic hydroxyl groups is 1. The van der Waals surface area contributed by atoms with Crippen molar-refractivity contribution in [3.8, 4) is 5.75 Å². The lowest BCUT2D eigenvalue weighted by molar-refractivity contribution is 0.0923. The molecule has 1 aromatic carbocycles. The van der Waals surface area contributed by atoms with Crippen molar-refractivity contribution in [1.82, 2.24) is 5.32 Å². The summed E-state index contributed by atoms with van der Waals surface area (Å²) in [6.45, 7) is 1.80. The smallest absolute Gasteiger partial charge is 0.251 e. The number of anilines is 1. The van der Waals surface area contributed by atoms with Crippen LogP contribution in [0.15, 0.2) is 18.2 Å². The molecular weight excluding hydrogens is 208 g/mol. The summed E-state index contributed by atoms with van der Waals surface area (Å²) in [7, 11) is 1.51. The van der Waals surface area contributed by atoms with Crippen molar-refractivity contribution < 1.29 is 14.6 Å². The Kier molecular flexibility index (Phi) is 4.13. The molecule has 0 saturated heterocycles. The predicted octanol–water partition coefficient (Wildman–Crippen LogP) is 0.388. The summed E-state index contributed by atoms with van der Waals surface area (Å²) in [5.74, 6) is 0.244. The van der Waals surface area contributed by atoms with Gasteiger partial charge in [-0.1, -0.05) is 0 Å². The van der Waals surface area contributed by atoms with E-state index in [-0.39, 0.29) is 12.5 Å². The van der Waals surface area contributed by atoms with Crippen molar-refractivity contribution in [1.29, 1.82) is 0 Å². The molecule has 4 N–H and O–H groups in total. The average molecular weight is 224 g/mol. The number of hydrogen-bond acceptors (Lipinski definition) is 4. The molecule has 0 saturated carbocycles. The molecule has 1 unspecified atom stereocenters. The molecule has 0 bridgehead atoms. The third-order valence-corrected chi connectivity index (χ3v) is 1.98. The van der Waals surface area contributed by atoms with Crippen LogP contribution in [-0.2, 0) is 0 Å². The lowest BCUT2D eigenvalue weighted by Gasteiger charge is -2.09. The van der Waals surface area contributed by atoms with E-state index in [1.54, 1.807) is 25.1 Å². The van der Waals surface area contributed by atoms with E-state index in [2.05, 4.69) is 5.32 Å². The SMILES string of the molecule is COc1cc(N)cc(C(=O)NCC(C)O)c1. The van der Waals surface area contributed by atoms with Crippen LogP contribution in [0.5, 0.6) is 5.75 Å². The zero-order valence-electron chi connectivity index (χ0n) is 9.36. The molecule has 0 spiro atoms. The largest absolute Gasteiger partial charge is 0.497 e. The van der Waals surface area contributed by atoms with Gasteiger partial charge < -0.3 is 20.9 Å². The maximum atomic E-state index is 11.6. The maximum Gasteiger partial charge on any atom is 0.251 e. The van der Waals surface area contributed by atoms with Gasteiger partial charge in [-0.05, 0) is 19.1 Å². The fourth-order valence-electron chi connectivity index (χ4n) is 1.21. The van der Waals surface area contributed by atoms with E-state index in [4.69, 9.17) is 15.6 Å². The van der Waals surface area contributed by atoms with Crippen molar-refractivity contribution in [2.45, 2.75) is 13.0 Å². The van der Waals surface area contributed by atoms with E-state index >= 15 is 0 Å². The molecule has 0 heterocycles. The number of rotatable bonds is 4. The number of carbonyl (C=O) groups is 1. The van der Waals surface area contributed by atoms with Crippen LogP contribution in [0.25, 0.3) is 0 Å². The molecule has 5 heteroatoms. The quantitative estimate of drug-likeness (QED) is 0.646. The van der Waals surface area contributed by atoms with Gasteiger partial charge in [-0.25, -0.2) is 0 Å². The third-order valence-electron chi connectivity index (χ3n) is 1.98. The molecule has 0 radical (unpaired) electrons. The minimum absolute atomic E-state index is 0.204. The molecule has 1 aromatic rings. The highest BCUT2D eigenvalue weighted by Gasteiger charge is 2.08. The summed E-state index contributed by atoms with van der Waals surface area (Å²) < 4.78 is 5.00. The van der Waals surface area contributed by atoms with Gasteiger partial charge in [-0.15, -0.1) is 0 Å². The Morgan fingerprint density at radius 1 is 1.56 bits per heavy atom. The second-order valence-corrected chi connectivity index (χ2v) is 3.55. The topological polar surface area (TPSA) is 84.6 Å². The number of hydrogen-bond donors (Lipinski definition) is 3. The maximum absolute atomic E-state index is 11.6. The lowest BCUT2D eigenvalue weighted by atomic mass is 10.1. The Morgan fingerprint density at radius 2 is 2.25 bits per heavy atom. The standard InChI is InChI=1S/C11H16N2O3/c1-7(14)6-13-11(15)8-3-9(12)5-10(4-8)16-2/h3-5,7,14H,6,12H2,1-2H3,(H,13,15). The van der Waals surface area contributed by atoms with Crippen LogP contribution in [0.2, 0.25) is 0 Å². The molecule has 0 fully saturated rings. The Morgan fingerprint density at radius 3 is 2.81 bits per heavy atom. The van der Waals surface area contributed by atoms with Crippen LogP contribution in [0.4, 0.5) is 5.69 Å². The number of nitrogen functional groups attached to an aromatic ring is 1. The van der Waals surface area contributed by atoms with Gasteiger partial charge in [0.05, 0.1) is 13.2 Å². The van der Waals surface area contributed by atoms with Crippen molar-refractivity contribution in [3.05, 3.63) is 23.8 Å². The van der Waals surface area contributed by atoms with Crippen molar-refractivity contribution in [2.75, 3.05) is 19.4 Å². The van der Waals surface area contributed by atoms with Crippen LogP contribution in [0.3, 0.4) is 0 Å². The van der Waals surface area contributed by atoms with Gasteiger partial charge in [0.1, 0.15) is 5.75 Å². The number of methoxy groups -OCH3 is 1. The minimum Gasteiger partial charge on any atom is -0.497 e. The molecule has 1 rings (SSSR count). The van der Waals surface area contributed by atoms with Crippen LogP contribution < -0.4 is 15.8 Å². The number of carbonyl (C=O) groups excluding carboxylic acids is 1. The van der Waals surface area contributed by atoms with E-state index < -0.39 is 6.10 Å². The van der Waals surface area contributed by atoms with E-state index in [0.29, 0.717) is 17.0 Å². The van der Waals surface area contributed by atoms with E-state index in [0.717, 1.165) is 0 Å². The van der Waals surface area contributed by atoms with Gasteiger partial charge in [0.15, 0.2) is 0 Å². The molecule has 88 valence electrons. The fraction of sp³-hybridized carbons (Fsp3) is 0.364. The Balaban J connectivity index is 2.78. The zero-order chi connectivity index (χ0) is 12.1. The van der Waals surface area contributed by atoms with Gasteiger partial charge >= 0.3 is 0 Å². The van der Waals surface area contributed by atoms with Gasteiger partial charge in [-0.2, -0.15) is 0 Å². The van der Waals surface area contributed by atoms with E-state index in [1.807, 2.05) is 0 Å². The first-order chi connectivity index (χ1) is 7.52. The van der Waals surface area contributed by atoms with Crippen LogP contribution in [-0.4, -0.2) is 30.8 Å². The molecule has 1 atom stereocenters. The molecule has 1 amide bonds. The molecular formula is C11H16N2O3. The molecule has 0 aliphatic carbocycles. The first-order valence-corrected chi connectivity index (χ1v) is 4.93. The Hall–Kier alpha value is -1.75. The lowest BCUT2D eigenvalue weighted by Crippen LogP contribution is -2.30. The predicted molar refractivity (Wildman–Crippen MR) is 61.4 cm³/mol. The van der Waals surface area contributed by atoms with Gasteiger partial charge in [0.25, 0.3) is 5.91 Å². The summed E-state index contributed by atoms with van der Waals surface area (Å²) in [6.07, 6.45) is -0.577. The number of amides is 1. The first kappa shape index (κ1) is 12.3. The normalized spacial score (nSPS) is 11.9. The second kappa shape index (κ2) is 5.37. The molecule has 0 aliphatic rings. The number of nitrogens with one attached hydrogen (secondary N) is 1. The number of nitrogens with two attached hydrogens (primary N) is 1. The number of ether oxygens (including phenoxy) is 1. The Bertz CT molecular complexity index is 377. The van der Waals surface area contributed by atoms with Crippen molar-refractivity contribution in [3.63, 3.8) is 0 Å². The highest BCUT2D eigenvalue weighted by atomic mass is 16.5. The van der Waals surface area contributed by atoms with Gasteiger partial charge in [0.2, 0.25) is 0 Å². The summed E-state index contributed by atoms with van der Waals surface area (Å²) in [6, 6.07) is 4.78. The molecule has 16 heavy (non-hydrogen) atoms. The second-order valence-electron chi connectivity index (χ2n) is 3.55. The van der Waals surface area contributed by atoms with Crippen LogP contribution in [0.1, 0.15) is 17.3 Å². The Labute approximate surface area is 94.2 Å². The summed E-state index contributed by atoms with van der Waals surface area (Å²) in [4.78, 5) is 11.6.